The number of thiophene rings is 1. The molecule has 2 aromatic heterocycles. The van der Waals surface area contributed by atoms with Gasteiger partial charge in [-0.1, -0.05) is 0 Å². The van der Waals surface area contributed by atoms with Gasteiger partial charge in [0, 0.05) is 18.1 Å². The van der Waals surface area contributed by atoms with Gasteiger partial charge in [0.15, 0.2) is 5.78 Å². The van der Waals surface area contributed by atoms with Gasteiger partial charge in [0.05, 0.1) is 17.0 Å². The van der Waals surface area contributed by atoms with Crippen molar-refractivity contribution in [2.75, 3.05) is 0 Å². The number of carbonyl (C=O) groups excluding carboxylic acids is 1. The number of nitrogens with zero attached hydrogens (tertiary/aromatic N) is 2. The summed E-state index contributed by atoms with van der Waals surface area (Å²) in [5.74, 6) is 0.202. The van der Waals surface area contributed by atoms with Crippen molar-refractivity contribution >= 4 is 17.1 Å². The van der Waals surface area contributed by atoms with Crippen LogP contribution in [0.3, 0.4) is 0 Å². The van der Waals surface area contributed by atoms with E-state index in [-0.39, 0.29) is 5.78 Å². The Bertz CT molecular complexity index is 559. The quantitative estimate of drug-likeness (QED) is 0.795. The van der Waals surface area contributed by atoms with Gasteiger partial charge in [0.25, 0.3) is 0 Å². The molecule has 1 aliphatic rings. The summed E-state index contributed by atoms with van der Waals surface area (Å²) in [5, 5.41) is 4.26. The summed E-state index contributed by atoms with van der Waals surface area (Å²) in [6, 6.07) is 4.01. The summed E-state index contributed by atoms with van der Waals surface area (Å²) in [6.45, 7) is 0. The van der Waals surface area contributed by atoms with E-state index < -0.39 is 0 Å². The molecule has 2 aromatic rings. The van der Waals surface area contributed by atoms with E-state index in [4.69, 9.17) is 0 Å². The van der Waals surface area contributed by atoms with Crippen LogP contribution in [0.1, 0.15) is 38.6 Å². The maximum atomic E-state index is 12.2. The van der Waals surface area contributed by atoms with Crippen molar-refractivity contribution in [3.8, 4) is 0 Å². The van der Waals surface area contributed by atoms with E-state index in [1.54, 1.807) is 16.0 Å². The van der Waals surface area contributed by atoms with Crippen LogP contribution in [0.4, 0.5) is 0 Å². The Kier molecular flexibility index (Phi) is 3.04. The molecule has 4 heteroatoms. The van der Waals surface area contributed by atoms with E-state index in [0.29, 0.717) is 6.42 Å². The number of Topliss-reactive ketones (excluding diaryl/α,β-unsaturated/α-hetero) is 1. The Morgan fingerprint density at radius 2 is 2.28 bits per heavy atom. The maximum absolute atomic E-state index is 12.2. The zero-order valence-electron chi connectivity index (χ0n) is 10.5. The van der Waals surface area contributed by atoms with Crippen LogP contribution in [0.25, 0.3) is 0 Å². The third-order valence-electron chi connectivity index (χ3n) is 3.38. The Labute approximate surface area is 110 Å². The highest BCUT2D eigenvalue weighted by atomic mass is 32.1. The van der Waals surface area contributed by atoms with Crippen molar-refractivity contribution in [1.29, 1.82) is 0 Å². The fraction of sp³-hybridized carbons (Fsp3) is 0.429. The average Bonchev–Trinajstić information content (AvgIpc) is 2.95. The van der Waals surface area contributed by atoms with Gasteiger partial charge >= 0.3 is 0 Å². The zero-order valence-corrected chi connectivity index (χ0v) is 11.3. The zero-order chi connectivity index (χ0) is 12.5. The minimum absolute atomic E-state index is 0.202. The third kappa shape index (κ3) is 2.25. The van der Waals surface area contributed by atoms with E-state index in [0.717, 1.165) is 23.4 Å². The molecule has 0 bridgehead atoms. The van der Waals surface area contributed by atoms with E-state index in [1.807, 2.05) is 19.3 Å². The van der Waals surface area contributed by atoms with E-state index in [1.165, 1.54) is 23.3 Å². The summed E-state index contributed by atoms with van der Waals surface area (Å²) in [6.07, 6.45) is 7.11. The van der Waals surface area contributed by atoms with Crippen molar-refractivity contribution in [1.82, 2.24) is 9.78 Å². The number of aromatic nitrogens is 2. The van der Waals surface area contributed by atoms with Crippen molar-refractivity contribution in [3.05, 3.63) is 39.3 Å². The van der Waals surface area contributed by atoms with Crippen molar-refractivity contribution < 1.29 is 4.79 Å². The Hall–Kier alpha value is -1.42. The minimum atomic E-state index is 0.202. The van der Waals surface area contributed by atoms with Gasteiger partial charge in [-0.25, -0.2) is 0 Å². The summed E-state index contributed by atoms with van der Waals surface area (Å²) >= 11 is 1.69. The summed E-state index contributed by atoms with van der Waals surface area (Å²) < 4.78 is 1.74. The van der Waals surface area contributed by atoms with Crippen molar-refractivity contribution in [2.24, 2.45) is 7.05 Å². The summed E-state index contributed by atoms with van der Waals surface area (Å²) in [5.41, 5.74) is 2.25. The number of rotatable bonds is 3. The van der Waals surface area contributed by atoms with Gasteiger partial charge < -0.3 is 0 Å². The van der Waals surface area contributed by atoms with Crippen LogP contribution >= 0.6 is 11.3 Å². The Morgan fingerprint density at radius 3 is 3.00 bits per heavy atom. The van der Waals surface area contributed by atoms with E-state index >= 15 is 0 Å². The molecule has 0 unspecified atom stereocenters. The van der Waals surface area contributed by atoms with Gasteiger partial charge in [-0.2, -0.15) is 5.10 Å². The first-order valence-corrected chi connectivity index (χ1v) is 7.17. The van der Waals surface area contributed by atoms with Gasteiger partial charge in [0.2, 0.25) is 0 Å². The number of hydrogen-bond acceptors (Lipinski definition) is 3. The van der Waals surface area contributed by atoms with Crippen molar-refractivity contribution in [2.45, 2.75) is 32.1 Å². The first kappa shape index (κ1) is 11.7. The van der Waals surface area contributed by atoms with Crippen LogP contribution in [0.5, 0.6) is 0 Å². The predicted molar refractivity (Wildman–Crippen MR) is 72.2 cm³/mol. The highest BCUT2D eigenvalue weighted by Gasteiger charge is 2.17. The molecule has 0 saturated heterocycles. The van der Waals surface area contributed by atoms with Gasteiger partial charge in [-0.3, -0.25) is 9.48 Å². The molecule has 3 rings (SSSR count). The molecule has 0 fully saturated rings. The lowest BCUT2D eigenvalue weighted by molar-refractivity contribution is 0.0995. The molecule has 0 saturated carbocycles. The van der Waals surface area contributed by atoms with Crippen LogP contribution in [0.2, 0.25) is 0 Å². The molecule has 0 N–H and O–H groups in total. The molecular formula is C14H16N2OS. The van der Waals surface area contributed by atoms with Gasteiger partial charge in [-0.05, 0) is 43.4 Å². The predicted octanol–water partition coefficient (Wildman–Crippen LogP) is 2.79. The molecule has 1 aliphatic carbocycles. The lowest BCUT2D eigenvalue weighted by Crippen LogP contribution is -2.02. The molecule has 94 valence electrons. The molecular weight excluding hydrogens is 244 g/mol. The first-order valence-electron chi connectivity index (χ1n) is 6.35. The number of carbonyl (C=O) groups is 1. The normalized spacial score (nSPS) is 14.5. The Morgan fingerprint density at radius 1 is 1.44 bits per heavy atom. The number of hydrogen-bond donors (Lipinski definition) is 0. The van der Waals surface area contributed by atoms with Crippen LogP contribution in [-0.4, -0.2) is 15.6 Å². The SMILES string of the molecule is Cn1ccc(CC(=O)c2cc3c(s2)CCCC3)n1. The van der Waals surface area contributed by atoms with Crippen LogP contribution in [-0.2, 0) is 26.3 Å². The third-order valence-corrected chi connectivity index (χ3v) is 4.66. The Balaban J connectivity index is 1.78. The lowest BCUT2D eigenvalue weighted by atomic mass is 9.99. The topological polar surface area (TPSA) is 34.9 Å². The average molecular weight is 260 g/mol. The van der Waals surface area contributed by atoms with Gasteiger partial charge in [0.1, 0.15) is 0 Å². The molecule has 0 amide bonds. The second kappa shape index (κ2) is 4.69. The van der Waals surface area contributed by atoms with Crippen LogP contribution in [0, 0.1) is 0 Å². The fourth-order valence-electron chi connectivity index (χ4n) is 2.44. The monoisotopic (exact) mass is 260 g/mol. The molecule has 2 heterocycles. The van der Waals surface area contributed by atoms with E-state index in [9.17, 15) is 4.79 Å². The summed E-state index contributed by atoms with van der Waals surface area (Å²) in [7, 11) is 1.87. The minimum Gasteiger partial charge on any atom is -0.293 e. The fourth-order valence-corrected chi connectivity index (χ4v) is 3.63. The van der Waals surface area contributed by atoms with E-state index in [2.05, 4.69) is 11.2 Å². The smallest absolute Gasteiger partial charge is 0.178 e. The molecule has 18 heavy (non-hydrogen) atoms. The maximum Gasteiger partial charge on any atom is 0.178 e. The summed E-state index contributed by atoms with van der Waals surface area (Å²) in [4.78, 5) is 14.5. The number of ketones is 1. The van der Waals surface area contributed by atoms with Crippen LogP contribution in [0.15, 0.2) is 18.3 Å². The van der Waals surface area contributed by atoms with Gasteiger partial charge in [-0.15, -0.1) is 11.3 Å². The number of fused-ring (bicyclic) bond motifs is 1. The largest absolute Gasteiger partial charge is 0.293 e. The molecule has 0 aliphatic heterocycles. The highest BCUT2D eigenvalue weighted by Crippen LogP contribution is 2.30. The molecule has 3 nitrogen and oxygen atoms in total. The van der Waals surface area contributed by atoms with Crippen LogP contribution < -0.4 is 0 Å². The molecule has 0 spiro atoms. The molecule has 0 aromatic carbocycles. The van der Waals surface area contributed by atoms with Crippen molar-refractivity contribution in [3.63, 3.8) is 0 Å². The second-order valence-electron chi connectivity index (χ2n) is 4.85. The standard InChI is InChI=1S/C14H16N2OS/c1-16-7-6-11(15-16)9-12(17)14-8-10-4-2-3-5-13(10)18-14/h6-8H,2-5,9H2,1H3. The highest BCUT2D eigenvalue weighted by molar-refractivity contribution is 7.14. The lowest BCUT2D eigenvalue weighted by Gasteiger charge is -2.08. The molecule has 0 radical (unpaired) electrons. The first-order chi connectivity index (χ1) is 8.72. The molecule has 0 atom stereocenters. The second-order valence-corrected chi connectivity index (χ2v) is 5.98. The number of aryl methyl sites for hydroxylation is 3.